The Balaban J connectivity index is 2.06. The maximum absolute atomic E-state index is 11.9. The van der Waals surface area contributed by atoms with Crippen LogP contribution < -0.4 is 16.0 Å². The summed E-state index contributed by atoms with van der Waals surface area (Å²) in [7, 11) is 0. The summed E-state index contributed by atoms with van der Waals surface area (Å²) in [5.41, 5.74) is 8.16. The number of benzene rings is 1. The first kappa shape index (κ1) is 12.4. The van der Waals surface area contributed by atoms with Gasteiger partial charge in [0.05, 0.1) is 6.42 Å². The maximum Gasteiger partial charge on any atom is 0.231 e. The summed E-state index contributed by atoms with van der Waals surface area (Å²) in [4.78, 5) is 24.9. The molecular weight excluding hydrogens is 230 g/mol. The molecule has 0 saturated heterocycles. The monoisotopic (exact) mass is 247 g/mol. The molecule has 5 nitrogen and oxygen atoms in total. The molecule has 18 heavy (non-hydrogen) atoms. The summed E-state index contributed by atoms with van der Waals surface area (Å²) >= 11 is 0. The predicted octanol–water partition coefficient (Wildman–Crippen LogP) is 0.684. The molecule has 1 aliphatic heterocycles. The average Bonchev–Trinajstić information content (AvgIpc) is 2.61. The van der Waals surface area contributed by atoms with Crippen LogP contribution in [0.2, 0.25) is 0 Å². The van der Waals surface area contributed by atoms with Crippen molar-refractivity contribution in [1.29, 1.82) is 0 Å². The maximum atomic E-state index is 11.9. The van der Waals surface area contributed by atoms with Gasteiger partial charge >= 0.3 is 0 Å². The lowest BCUT2D eigenvalue weighted by atomic mass is 10.1. The van der Waals surface area contributed by atoms with Crippen LogP contribution in [0.25, 0.3) is 0 Å². The molecule has 2 rings (SSSR count). The number of nitrogens with two attached hydrogens (primary N) is 1. The summed E-state index contributed by atoms with van der Waals surface area (Å²) in [5, 5.41) is 2.72. The van der Waals surface area contributed by atoms with Gasteiger partial charge in [-0.15, -0.1) is 0 Å². The van der Waals surface area contributed by atoms with Gasteiger partial charge in [-0.05, 0) is 30.7 Å². The molecule has 2 amide bonds. The topological polar surface area (TPSA) is 75.4 Å². The number of carbonyl (C=O) groups excluding carboxylic acids is 2. The highest BCUT2D eigenvalue weighted by Gasteiger charge is 2.27. The second-order valence-electron chi connectivity index (χ2n) is 4.31. The van der Waals surface area contributed by atoms with Crippen LogP contribution in [0, 0.1) is 0 Å². The van der Waals surface area contributed by atoms with E-state index in [0.717, 1.165) is 11.3 Å². The van der Waals surface area contributed by atoms with E-state index in [1.807, 2.05) is 19.1 Å². The lowest BCUT2D eigenvalue weighted by Gasteiger charge is -2.17. The van der Waals surface area contributed by atoms with Crippen LogP contribution in [0.4, 0.5) is 11.4 Å². The van der Waals surface area contributed by atoms with E-state index in [-0.39, 0.29) is 11.8 Å². The first-order valence-corrected chi connectivity index (χ1v) is 6.07. The first-order valence-electron chi connectivity index (χ1n) is 6.07. The molecule has 1 heterocycles. The van der Waals surface area contributed by atoms with Gasteiger partial charge in [-0.2, -0.15) is 0 Å². The molecule has 1 aromatic carbocycles. The zero-order chi connectivity index (χ0) is 13.1. The summed E-state index contributed by atoms with van der Waals surface area (Å²) in [6, 6.07) is 5.43. The molecule has 0 radical (unpaired) electrons. The molecule has 0 saturated carbocycles. The Kier molecular flexibility index (Phi) is 3.50. The van der Waals surface area contributed by atoms with Gasteiger partial charge in [0, 0.05) is 30.9 Å². The predicted molar refractivity (Wildman–Crippen MR) is 70.2 cm³/mol. The van der Waals surface area contributed by atoms with Crippen LogP contribution in [-0.2, 0) is 16.0 Å². The van der Waals surface area contributed by atoms with E-state index in [0.29, 0.717) is 31.6 Å². The minimum atomic E-state index is -0.0332. The number of hydrogen-bond acceptors (Lipinski definition) is 3. The van der Waals surface area contributed by atoms with E-state index in [1.165, 1.54) is 0 Å². The Bertz CT molecular complexity index is 485. The molecule has 0 spiro atoms. The van der Waals surface area contributed by atoms with Gasteiger partial charge in [-0.1, -0.05) is 0 Å². The third kappa shape index (κ3) is 2.45. The molecule has 1 aromatic rings. The van der Waals surface area contributed by atoms with E-state index >= 15 is 0 Å². The molecule has 0 bridgehead atoms. The van der Waals surface area contributed by atoms with E-state index in [9.17, 15) is 9.59 Å². The van der Waals surface area contributed by atoms with Crippen LogP contribution >= 0.6 is 0 Å². The fourth-order valence-electron chi connectivity index (χ4n) is 2.15. The van der Waals surface area contributed by atoms with E-state index in [2.05, 4.69) is 5.32 Å². The number of nitrogens with one attached hydrogen (secondary N) is 1. The summed E-state index contributed by atoms with van der Waals surface area (Å²) in [6.07, 6.45) is 0.694. The van der Waals surface area contributed by atoms with Crippen molar-refractivity contribution >= 4 is 23.2 Å². The van der Waals surface area contributed by atoms with Crippen LogP contribution in [0.1, 0.15) is 18.9 Å². The average molecular weight is 247 g/mol. The highest BCUT2D eigenvalue weighted by Crippen LogP contribution is 2.30. The number of carbonyl (C=O) groups is 2. The quantitative estimate of drug-likeness (QED) is 0.768. The molecule has 0 fully saturated rings. The van der Waals surface area contributed by atoms with E-state index in [4.69, 9.17) is 5.73 Å². The van der Waals surface area contributed by atoms with Crippen LogP contribution in [0.5, 0.6) is 0 Å². The lowest BCUT2D eigenvalue weighted by Crippen LogP contribution is -2.32. The van der Waals surface area contributed by atoms with Gasteiger partial charge in [0.25, 0.3) is 0 Å². The fourth-order valence-corrected chi connectivity index (χ4v) is 2.15. The number of nitrogens with zero attached hydrogens (tertiary/aromatic N) is 1. The minimum Gasteiger partial charge on any atom is -0.399 e. The van der Waals surface area contributed by atoms with Crippen molar-refractivity contribution in [3.05, 3.63) is 23.8 Å². The van der Waals surface area contributed by atoms with Gasteiger partial charge in [-0.25, -0.2) is 0 Å². The Morgan fingerprint density at radius 1 is 1.50 bits per heavy atom. The number of rotatable bonds is 4. The third-order valence-electron chi connectivity index (χ3n) is 2.97. The second kappa shape index (κ2) is 5.08. The third-order valence-corrected chi connectivity index (χ3v) is 2.97. The zero-order valence-electron chi connectivity index (χ0n) is 10.4. The van der Waals surface area contributed by atoms with Crippen molar-refractivity contribution in [2.75, 3.05) is 23.7 Å². The molecule has 5 heteroatoms. The van der Waals surface area contributed by atoms with Gasteiger partial charge in [0.1, 0.15) is 0 Å². The van der Waals surface area contributed by atoms with Crippen molar-refractivity contribution in [3.63, 3.8) is 0 Å². The molecule has 0 atom stereocenters. The zero-order valence-corrected chi connectivity index (χ0v) is 10.4. The Morgan fingerprint density at radius 2 is 2.28 bits per heavy atom. The lowest BCUT2D eigenvalue weighted by molar-refractivity contribution is -0.121. The van der Waals surface area contributed by atoms with Gasteiger partial charge in [-0.3, -0.25) is 9.59 Å². The molecule has 96 valence electrons. The van der Waals surface area contributed by atoms with Crippen molar-refractivity contribution < 1.29 is 9.59 Å². The Hall–Kier alpha value is -2.04. The number of anilines is 2. The highest BCUT2D eigenvalue weighted by molar-refractivity contribution is 6.02. The van der Waals surface area contributed by atoms with Crippen molar-refractivity contribution in [2.45, 2.75) is 19.8 Å². The Morgan fingerprint density at radius 3 is 3.00 bits per heavy atom. The SMILES string of the molecule is CCNC(=O)CCN1C(=O)Cc2cc(N)ccc21. The van der Waals surface area contributed by atoms with Crippen molar-refractivity contribution in [1.82, 2.24) is 5.32 Å². The van der Waals surface area contributed by atoms with Gasteiger partial charge in [0.15, 0.2) is 0 Å². The number of hydrogen-bond donors (Lipinski definition) is 2. The normalized spacial score (nSPS) is 13.6. The summed E-state index contributed by atoms with van der Waals surface area (Å²) in [6.45, 7) is 2.90. The largest absolute Gasteiger partial charge is 0.399 e. The number of nitrogen functional groups attached to an aromatic ring is 1. The smallest absolute Gasteiger partial charge is 0.231 e. The van der Waals surface area contributed by atoms with Crippen LogP contribution in [-0.4, -0.2) is 24.9 Å². The van der Waals surface area contributed by atoms with Crippen molar-refractivity contribution in [3.8, 4) is 0 Å². The van der Waals surface area contributed by atoms with Crippen LogP contribution in [0.15, 0.2) is 18.2 Å². The van der Waals surface area contributed by atoms with E-state index < -0.39 is 0 Å². The summed E-state index contributed by atoms with van der Waals surface area (Å²) < 4.78 is 0. The van der Waals surface area contributed by atoms with Crippen molar-refractivity contribution in [2.24, 2.45) is 0 Å². The highest BCUT2D eigenvalue weighted by atomic mass is 16.2. The summed E-state index contributed by atoms with van der Waals surface area (Å²) in [5.74, 6) is -0.00547. The van der Waals surface area contributed by atoms with Gasteiger partial charge < -0.3 is 16.0 Å². The Labute approximate surface area is 106 Å². The second-order valence-corrected chi connectivity index (χ2v) is 4.31. The van der Waals surface area contributed by atoms with Crippen LogP contribution in [0.3, 0.4) is 0 Å². The molecule has 1 aliphatic rings. The molecular formula is C13H17N3O2. The van der Waals surface area contributed by atoms with E-state index in [1.54, 1.807) is 11.0 Å². The fraction of sp³-hybridized carbons (Fsp3) is 0.385. The standard InChI is InChI=1S/C13H17N3O2/c1-2-15-12(17)5-6-16-11-4-3-10(14)7-9(11)8-13(16)18/h3-4,7H,2,5-6,8,14H2,1H3,(H,15,17). The van der Waals surface area contributed by atoms with Gasteiger partial charge in [0.2, 0.25) is 11.8 Å². The minimum absolute atomic E-state index is 0.0277. The molecule has 0 aromatic heterocycles. The number of amides is 2. The molecule has 3 N–H and O–H groups in total. The number of fused-ring (bicyclic) bond motifs is 1. The molecule has 0 aliphatic carbocycles. The first-order chi connectivity index (χ1) is 8.61. The molecule has 0 unspecified atom stereocenters.